The fourth-order valence-corrected chi connectivity index (χ4v) is 1.81. The zero-order valence-corrected chi connectivity index (χ0v) is 12.2. The average molecular weight is 312 g/mol. The van der Waals surface area contributed by atoms with Crippen LogP contribution in [0.15, 0.2) is 24.3 Å². The largest absolute Gasteiger partial charge is 0.433 e. The number of aryl methyl sites for hydroxylation is 1. The van der Waals surface area contributed by atoms with Gasteiger partial charge in [-0.3, -0.25) is 9.89 Å². The summed E-state index contributed by atoms with van der Waals surface area (Å²) in [5.74, 6) is -0.187. The van der Waals surface area contributed by atoms with Gasteiger partial charge in [0, 0.05) is 11.8 Å². The summed E-state index contributed by atoms with van der Waals surface area (Å²) in [6.07, 6.45) is -4.55. The Balaban J connectivity index is 2.27. The Hall–Kier alpha value is -2.38. The number of carbonyl (C=O) groups is 1. The molecule has 0 aromatic carbocycles. The van der Waals surface area contributed by atoms with E-state index in [9.17, 15) is 18.0 Å². The normalized spacial score (nSPS) is 12.3. The molecule has 0 unspecified atom stereocenters. The van der Waals surface area contributed by atoms with Crippen molar-refractivity contribution >= 4 is 11.7 Å². The van der Waals surface area contributed by atoms with E-state index in [0.29, 0.717) is 5.82 Å². The van der Waals surface area contributed by atoms with Gasteiger partial charge in [-0.05, 0) is 32.9 Å². The quantitative estimate of drug-likeness (QED) is 0.915. The Morgan fingerprint density at radius 3 is 2.41 bits per heavy atom. The first-order valence-corrected chi connectivity index (χ1v) is 6.49. The minimum Gasteiger partial charge on any atom is -0.308 e. The molecule has 22 heavy (non-hydrogen) atoms. The molecule has 0 radical (unpaired) electrons. The van der Waals surface area contributed by atoms with Crippen LogP contribution in [-0.2, 0) is 16.4 Å². The number of H-pyrrole nitrogens is 1. The third-order valence-electron chi connectivity index (χ3n) is 3.20. The van der Waals surface area contributed by atoms with Crippen LogP contribution in [0.5, 0.6) is 0 Å². The van der Waals surface area contributed by atoms with Crippen molar-refractivity contribution in [1.29, 1.82) is 0 Å². The highest BCUT2D eigenvalue weighted by Crippen LogP contribution is 2.30. The third kappa shape index (κ3) is 3.26. The molecule has 0 spiro atoms. The van der Waals surface area contributed by atoms with Crippen molar-refractivity contribution in [2.45, 2.75) is 32.4 Å². The topological polar surface area (TPSA) is 70.7 Å². The van der Waals surface area contributed by atoms with Crippen molar-refractivity contribution < 1.29 is 18.0 Å². The van der Waals surface area contributed by atoms with E-state index >= 15 is 0 Å². The molecule has 2 heterocycles. The summed E-state index contributed by atoms with van der Waals surface area (Å²) < 4.78 is 38.2. The molecule has 0 atom stereocenters. The molecule has 8 heteroatoms. The van der Waals surface area contributed by atoms with E-state index in [1.165, 1.54) is 26.0 Å². The van der Waals surface area contributed by atoms with E-state index < -0.39 is 23.2 Å². The van der Waals surface area contributed by atoms with Crippen molar-refractivity contribution in [3.05, 3.63) is 41.3 Å². The van der Waals surface area contributed by atoms with Gasteiger partial charge in [0.2, 0.25) is 5.91 Å². The van der Waals surface area contributed by atoms with Crippen molar-refractivity contribution in [2.75, 3.05) is 5.32 Å². The molecule has 2 aromatic rings. The lowest BCUT2D eigenvalue weighted by atomic mass is 9.87. The second kappa shape index (κ2) is 5.43. The van der Waals surface area contributed by atoms with Crippen LogP contribution >= 0.6 is 0 Å². The van der Waals surface area contributed by atoms with Gasteiger partial charge in [-0.1, -0.05) is 6.07 Å². The van der Waals surface area contributed by atoms with Crippen LogP contribution < -0.4 is 5.32 Å². The third-order valence-corrected chi connectivity index (χ3v) is 3.20. The molecule has 0 saturated heterocycles. The Labute approximate surface area is 125 Å². The fraction of sp³-hybridized carbons (Fsp3) is 0.357. The van der Waals surface area contributed by atoms with Gasteiger partial charge in [-0.2, -0.15) is 18.3 Å². The van der Waals surface area contributed by atoms with Gasteiger partial charge in [0.05, 0.1) is 11.1 Å². The molecular weight excluding hydrogens is 297 g/mol. The van der Waals surface area contributed by atoms with Gasteiger partial charge in [0.1, 0.15) is 5.69 Å². The van der Waals surface area contributed by atoms with Gasteiger partial charge in [-0.25, -0.2) is 4.98 Å². The number of rotatable bonds is 3. The van der Waals surface area contributed by atoms with E-state index in [1.54, 1.807) is 13.0 Å². The minimum absolute atomic E-state index is 0.0343. The molecule has 2 aromatic heterocycles. The Kier molecular flexibility index (Phi) is 3.95. The van der Waals surface area contributed by atoms with Crippen molar-refractivity contribution in [3.63, 3.8) is 0 Å². The van der Waals surface area contributed by atoms with Gasteiger partial charge in [-0.15, -0.1) is 0 Å². The number of alkyl halides is 3. The first kappa shape index (κ1) is 16.0. The molecule has 5 nitrogen and oxygen atoms in total. The SMILES string of the molecule is Cc1cc(NC(=O)C(C)(C)c2cccc(C(F)(F)F)n2)n[nH]1. The number of hydrogen-bond acceptors (Lipinski definition) is 3. The summed E-state index contributed by atoms with van der Waals surface area (Å²) >= 11 is 0. The summed E-state index contributed by atoms with van der Waals surface area (Å²) in [4.78, 5) is 15.9. The van der Waals surface area contributed by atoms with Gasteiger partial charge in [0.15, 0.2) is 5.82 Å². The van der Waals surface area contributed by atoms with Crippen molar-refractivity contribution in [2.24, 2.45) is 0 Å². The van der Waals surface area contributed by atoms with Crippen LogP contribution in [-0.4, -0.2) is 21.1 Å². The van der Waals surface area contributed by atoms with E-state index in [-0.39, 0.29) is 5.69 Å². The average Bonchev–Trinajstić information content (AvgIpc) is 2.83. The number of carbonyl (C=O) groups excluding carboxylic acids is 1. The zero-order chi connectivity index (χ0) is 16.5. The Morgan fingerprint density at radius 1 is 1.23 bits per heavy atom. The smallest absolute Gasteiger partial charge is 0.308 e. The van der Waals surface area contributed by atoms with E-state index in [4.69, 9.17) is 0 Å². The van der Waals surface area contributed by atoms with Crippen molar-refractivity contribution in [1.82, 2.24) is 15.2 Å². The van der Waals surface area contributed by atoms with Crippen LogP contribution in [0.4, 0.5) is 19.0 Å². The molecule has 118 valence electrons. The summed E-state index contributed by atoms with van der Waals surface area (Å²) in [7, 11) is 0. The number of nitrogens with zero attached hydrogens (tertiary/aromatic N) is 2. The second-order valence-electron chi connectivity index (χ2n) is 5.42. The molecular formula is C14H15F3N4O. The molecule has 2 rings (SSSR count). The molecule has 0 saturated carbocycles. The maximum Gasteiger partial charge on any atom is 0.433 e. The molecule has 0 aliphatic heterocycles. The number of aromatic nitrogens is 3. The molecule has 0 aliphatic rings. The summed E-state index contributed by atoms with van der Waals surface area (Å²) in [6.45, 7) is 4.77. The monoisotopic (exact) mass is 312 g/mol. The predicted molar refractivity (Wildman–Crippen MR) is 74.2 cm³/mol. The highest BCUT2D eigenvalue weighted by molar-refractivity contribution is 5.97. The second-order valence-corrected chi connectivity index (χ2v) is 5.42. The van der Waals surface area contributed by atoms with E-state index in [1.807, 2.05) is 0 Å². The highest BCUT2D eigenvalue weighted by atomic mass is 19.4. The highest BCUT2D eigenvalue weighted by Gasteiger charge is 2.36. The lowest BCUT2D eigenvalue weighted by molar-refractivity contribution is -0.141. The lowest BCUT2D eigenvalue weighted by Gasteiger charge is -2.23. The van der Waals surface area contributed by atoms with Gasteiger partial charge < -0.3 is 5.32 Å². The predicted octanol–water partition coefficient (Wildman–Crippen LogP) is 3.05. The number of pyridine rings is 1. The van der Waals surface area contributed by atoms with Crippen LogP contribution in [0.3, 0.4) is 0 Å². The first-order chi connectivity index (χ1) is 10.1. The number of anilines is 1. The number of hydrogen-bond donors (Lipinski definition) is 2. The van der Waals surface area contributed by atoms with Crippen molar-refractivity contribution in [3.8, 4) is 0 Å². The van der Waals surface area contributed by atoms with Crippen LogP contribution in [0.2, 0.25) is 0 Å². The minimum atomic E-state index is -4.55. The maximum absolute atomic E-state index is 12.7. The number of nitrogens with one attached hydrogen (secondary N) is 2. The zero-order valence-electron chi connectivity index (χ0n) is 12.2. The molecule has 0 bridgehead atoms. The van der Waals surface area contributed by atoms with E-state index in [0.717, 1.165) is 11.8 Å². The molecule has 1 amide bonds. The number of aromatic amines is 1. The molecule has 2 N–H and O–H groups in total. The van der Waals surface area contributed by atoms with E-state index in [2.05, 4.69) is 20.5 Å². The summed E-state index contributed by atoms with van der Waals surface area (Å²) in [5.41, 5.74) is -1.48. The number of amides is 1. The maximum atomic E-state index is 12.7. The first-order valence-electron chi connectivity index (χ1n) is 6.49. The fourth-order valence-electron chi connectivity index (χ4n) is 1.81. The van der Waals surface area contributed by atoms with Crippen LogP contribution in [0.1, 0.15) is 30.9 Å². The van der Waals surface area contributed by atoms with Crippen LogP contribution in [0, 0.1) is 6.92 Å². The summed E-state index contributed by atoms with van der Waals surface area (Å²) in [6, 6.07) is 5.12. The Bertz CT molecular complexity index is 691. The molecule has 0 fully saturated rings. The van der Waals surface area contributed by atoms with Crippen LogP contribution in [0.25, 0.3) is 0 Å². The molecule has 0 aliphatic carbocycles. The Morgan fingerprint density at radius 2 is 1.86 bits per heavy atom. The summed E-state index contributed by atoms with van der Waals surface area (Å²) in [5, 5.41) is 9.08. The number of halogens is 3. The standard InChI is InChI=1S/C14H15F3N4O/c1-8-7-11(21-20-8)19-12(22)13(2,3)9-5-4-6-10(18-9)14(15,16)17/h4-7H,1-3H3,(H2,19,20,21,22). The van der Waals surface area contributed by atoms with Gasteiger partial charge in [0.25, 0.3) is 0 Å². The lowest BCUT2D eigenvalue weighted by Crippen LogP contribution is -2.36. The van der Waals surface area contributed by atoms with Gasteiger partial charge >= 0.3 is 6.18 Å².